The maximum Gasteiger partial charge on any atom is 0.164 e. The number of nitrogens with zero attached hydrogens (tertiary/aromatic N) is 3. The topological polar surface area (TPSA) is 65.0 Å². The fourth-order valence-corrected chi connectivity index (χ4v) is 14.1. The molecule has 17 rings (SSSR count). The molecule has 0 atom stereocenters. The van der Waals surface area contributed by atoms with Crippen LogP contribution < -0.4 is 0 Å². The first kappa shape index (κ1) is 41.7. The molecular formula is C70H39N3O2S. The van der Waals surface area contributed by atoms with E-state index in [9.17, 15) is 0 Å². The van der Waals surface area contributed by atoms with Crippen molar-refractivity contribution in [2.75, 3.05) is 0 Å². The Morgan fingerprint density at radius 1 is 0.276 bits per heavy atom. The van der Waals surface area contributed by atoms with Crippen molar-refractivity contribution in [1.82, 2.24) is 15.0 Å². The van der Waals surface area contributed by atoms with Gasteiger partial charge in [0, 0.05) is 58.4 Å². The summed E-state index contributed by atoms with van der Waals surface area (Å²) in [5.74, 6) is 1.73. The van der Waals surface area contributed by atoms with Crippen molar-refractivity contribution < 1.29 is 8.83 Å². The minimum absolute atomic E-state index is 0.412. The Labute approximate surface area is 439 Å². The van der Waals surface area contributed by atoms with Gasteiger partial charge in [-0.15, -0.1) is 11.3 Å². The molecule has 0 N–H and O–H groups in total. The molecule has 6 heteroatoms. The maximum atomic E-state index is 6.70. The normalized spacial score (nSPS) is 13.1. The highest BCUT2D eigenvalue weighted by Crippen LogP contribution is 2.63. The lowest BCUT2D eigenvalue weighted by Crippen LogP contribution is -2.25. The Kier molecular flexibility index (Phi) is 8.58. The summed E-state index contributed by atoms with van der Waals surface area (Å²) in [6.45, 7) is 0. The fourth-order valence-electron chi connectivity index (χ4n) is 13.0. The second-order valence-electron chi connectivity index (χ2n) is 20.1. The molecule has 4 heterocycles. The molecule has 2 aliphatic carbocycles. The SMILES string of the molecule is c1cc(-c2ccc3c(c2)C2(c4ccccc4-c4ccccc42)c2ccccc2-3)cc(-c2ccc3oc4cccc(-c5nc(-c6cccc7oc8ccccc8c67)nc(-c6cccc7sc8ccccc8c67)n5)c4c3c2)c1. The molecule has 4 aromatic heterocycles. The molecule has 0 unspecified atom stereocenters. The summed E-state index contributed by atoms with van der Waals surface area (Å²) in [7, 11) is 0. The molecule has 0 fully saturated rings. The monoisotopic (exact) mass is 985 g/mol. The van der Waals surface area contributed by atoms with Crippen LogP contribution in [0.1, 0.15) is 22.3 Å². The minimum atomic E-state index is -0.412. The molecule has 15 aromatic rings. The number of hydrogen-bond donors (Lipinski definition) is 0. The van der Waals surface area contributed by atoms with E-state index in [0.717, 1.165) is 82.6 Å². The Morgan fingerprint density at radius 2 is 0.711 bits per heavy atom. The molecule has 0 radical (unpaired) electrons. The predicted octanol–water partition coefficient (Wildman–Crippen LogP) is 18.7. The fraction of sp³-hybridized carbons (Fsp3) is 0.0143. The van der Waals surface area contributed by atoms with Crippen molar-refractivity contribution in [3.63, 3.8) is 0 Å². The third-order valence-corrected chi connectivity index (χ3v) is 17.3. The van der Waals surface area contributed by atoms with Crippen molar-refractivity contribution in [1.29, 1.82) is 0 Å². The standard InChI is InChI=1S/C70H39N3O2S/c1-6-25-54-44(17-1)45-18-2-7-26-55(45)70(54)56-27-8-3-19-46(56)47-35-33-43(39-57(47)70)41-16-11-15-40(37-41)42-34-36-59-53(38-42)65-51(23-13-30-61(65)75-59)68-71-67(50-22-12-29-60-64(50)48-20-4-9-28-58(48)74-60)72-69(73-68)52-24-14-32-63-66(52)49-21-5-10-31-62(49)76-63/h1-39H. The number of benzene rings is 11. The third-order valence-electron chi connectivity index (χ3n) is 16.2. The van der Waals surface area contributed by atoms with Crippen LogP contribution in [0.15, 0.2) is 245 Å². The van der Waals surface area contributed by atoms with Gasteiger partial charge in [-0.05, 0) is 121 Å². The number of rotatable bonds is 5. The highest BCUT2D eigenvalue weighted by Gasteiger charge is 2.51. The minimum Gasteiger partial charge on any atom is -0.456 e. The van der Waals surface area contributed by atoms with Crippen LogP contribution in [-0.4, -0.2) is 15.0 Å². The van der Waals surface area contributed by atoms with Crippen molar-refractivity contribution in [2.24, 2.45) is 0 Å². The second kappa shape index (κ2) is 15.6. The first-order valence-corrected chi connectivity index (χ1v) is 26.5. The van der Waals surface area contributed by atoms with E-state index in [1.54, 1.807) is 11.3 Å². The maximum absolute atomic E-state index is 6.70. The van der Waals surface area contributed by atoms with Crippen LogP contribution in [0.4, 0.5) is 0 Å². The van der Waals surface area contributed by atoms with Gasteiger partial charge in [0.25, 0.3) is 0 Å². The zero-order valence-electron chi connectivity index (χ0n) is 40.6. The largest absolute Gasteiger partial charge is 0.456 e. The molecule has 76 heavy (non-hydrogen) atoms. The highest BCUT2D eigenvalue weighted by molar-refractivity contribution is 7.25. The van der Waals surface area contributed by atoms with E-state index in [2.05, 4.69) is 194 Å². The van der Waals surface area contributed by atoms with Crippen molar-refractivity contribution in [3.05, 3.63) is 259 Å². The summed E-state index contributed by atoms with van der Waals surface area (Å²) >= 11 is 1.79. The van der Waals surface area contributed by atoms with E-state index in [0.29, 0.717) is 17.5 Å². The lowest BCUT2D eigenvalue weighted by Gasteiger charge is -2.30. The van der Waals surface area contributed by atoms with Crippen molar-refractivity contribution in [3.8, 4) is 78.7 Å². The quantitative estimate of drug-likeness (QED) is 0.172. The van der Waals surface area contributed by atoms with Crippen LogP contribution in [0, 0.1) is 0 Å². The first-order valence-electron chi connectivity index (χ1n) is 25.7. The van der Waals surface area contributed by atoms with Crippen LogP contribution in [0.5, 0.6) is 0 Å². The van der Waals surface area contributed by atoms with Crippen LogP contribution in [-0.2, 0) is 5.41 Å². The van der Waals surface area contributed by atoms with E-state index < -0.39 is 5.41 Å². The lowest BCUT2D eigenvalue weighted by atomic mass is 9.70. The lowest BCUT2D eigenvalue weighted by molar-refractivity contribution is 0.668. The molecule has 1 spiro atoms. The average molecular weight is 986 g/mol. The van der Waals surface area contributed by atoms with Crippen LogP contribution in [0.25, 0.3) is 143 Å². The second-order valence-corrected chi connectivity index (χ2v) is 21.2. The highest BCUT2D eigenvalue weighted by atomic mass is 32.1. The molecule has 0 aliphatic heterocycles. The van der Waals surface area contributed by atoms with E-state index in [4.69, 9.17) is 23.8 Å². The molecule has 0 saturated heterocycles. The summed E-state index contributed by atoms with van der Waals surface area (Å²) in [5.41, 5.74) is 20.5. The molecule has 5 nitrogen and oxygen atoms in total. The van der Waals surface area contributed by atoms with Crippen molar-refractivity contribution >= 4 is 75.4 Å². The van der Waals surface area contributed by atoms with E-state index in [1.165, 1.54) is 64.9 Å². The van der Waals surface area contributed by atoms with Gasteiger partial charge in [-0.2, -0.15) is 0 Å². The molecule has 11 aromatic carbocycles. The van der Waals surface area contributed by atoms with E-state index in [1.807, 2.05) is 42.5 Å². The zero-order valence-corrected chi connectivity index (χ0v) is 41.4. The van der Waals surface area contributed by atoms with E-state index in [-0.39, 0.29) is 0 Å². The number of thiophene rings is 1. The van der Waals surface area contributed by atoms with Crippen LogP contribution in [0.2, 0.25) is 0 Å². The Bertz CT molecular complexity index is 4780. The first-order chi connectivity index (χ1) is 37.7. The summed E-state index contributed by atoms with van der Waals surface area (Å²) < 4.78 is 15.5. The van der Waals surface area contributed by atoms with Gasteiger partial charge >= 0.3 is 0 Å². The van der Waals surface area contributed by atoms with Gasteiger partial charge < -0.3 is 8.83 Å². The van der Waals surface area contributed by atoms with Gasteiger partial charge in [-0.1, -0.05) is 182 Å². The molecular weight excluding hydrogens is 947 g/mol. The molecule has 0 saturated carbocycles. The van der Waals surface area contributed by atoms with Gasteiger partial charge in [-0.25, -0.2) is 15.0 Å². The van der Waals surface area contributed by atoms with Crippen LogP contribution in [0.3, 0.4) is 0 Å². The van der Waals surface area contributed by atoms with Gasteiger partial charge in [-0.3, -0.25) is 0 Å². The van der Waals surface area contributed by atoms with Gasteiger partial charge in [0.15, 0.2) is 17.5 Å². The molecule has 0 amide bonds. The van der Waals surface area contributed by atoms with E-state index >= 15 is 0 Å². The smallest absolute Gasteiger partial charge is 0.164 e. The average Bonchev–Trinajstić information content (AvgIpc) is 4.35. The summed E-state index contributed by atoms with van der Waals surface area (Å²) in [6.07, 6.45) is 0. The summed E-state index contributed by atoms with van der Waals surface area (Å²) in [4.78, 5) is 16.2. The Morgan fingerprint density at radius 3 is 1.37 bits per heavy atom. The number of hydrogen-bond acceptors (Lipinski definition) is 6. The predicted molar refractivity (Wildman–Crippen MR) is 311 cm³/mol. The van der Waals surface area contributed by atoms with Gasteiger partial charge in [0.2, 0.25) is 0 Å². The number of fused-ring (bicyclic) bond motifs is 19. The Balaban J connectivity index is 0.832. The van der Waals surface area contributed by atoms with Gasteiger partial charge in [0.1, 0.15) is 22.3 Å². The number of para-hydroxylation sites is 1. The number of furan rings is 2. The summed E-state index contributed by atoms with van der Waals surface area (Å²) in [5, 5.41) is 6.24. The molecule has 0 bridgehead atoms. The van der Waals surface area contributed by atoms with Crippen molar-refractivity contribution in [2.45, 2.75) is 5.41 Å². The van der Waals surface area contributed by atoms with Crippen LogP contribution >= 0.6 is 11.3 Å². The number of aromatic nitrogens is 3. The van der Waals surface area contributed by atoms with Gasteiger partial charge in [0.05, 0.1) is 5.41 Å². The zero-order chi connectivity index (χ0) is 49.6. The Hall–Kier alpha value is -9.75. The molecule has 352 valence electrons. The third kappa shape index (κ3) is 5.76. The summed E-state index contributed by atoms with van der Waals surface area (Å²) in [6, 6.07) is 85.1. The molecule has 2 aliphatic rings.